The largest absolute Gasteiger partial charge is 0.352 e. The Kier molecular flexibility index (Phi) is 5.05. The van der Waals surface area contributed by atoms with Crippen LogP contribution < -0.4 is 10.6 Å². The minimum Gasteiger partial charge on any atom is -0.352 e. The molecule has 18 heavy (non-hydrogen) atoms. The van der Waals surface area contributed by atoms with Crippen LogP contribution >= 0.6 is 0 Å². The van der Waals surface area contributed by atoms with Gasteiger partial charge in [0.2, 0.25) is 6.29 Å². The summed E-state index contributed by atoms with van der Waals surface area (Å²) in [6.07, 6.45) is 1.70. The van der Waals surface area contributed by atoms with Crippen LogP contribution in [0, 0.1) is 0 Å². The standard InChI is InChI=1S/C13H15N2O3/c1-3-14-12(17)10-6-5-9(8-16)7-11(10)13(18)15-4-2/h5-7H,3-4H2,1-2H3,(H,14,17)(H,15,18). The van der Waals surface area contributed by atoms with Crippen LogP contribution in [0.25, 0.3) is 0 Å². The van der Waals surface area contributed by atoms with E-state index in [9.17, 15) is 14.4 Å². The Morgan fingerprint density at radius 3 is 2.11 bits per heavy atom. The summed E-state index contributed by atoms with van der Waals surface area (Å²) in [7, 11) is 0. The fourth-order valence-electron chi connectivity index (χ4n) is 1.51. The number of carbonyl (C=O) groups excluding carboxylic acids is 3. The van der Waals surface area contributed by atoms with Gasteiger partial charge in [0, 0.05) is 18.7 Å². The first kappa shape index (κ1) is 13.9. The summed E-state index contributed by atoms with van der Waals surface area (Å²) in [6, 6.07) is 4.28. The normalized spacial score (nSPS) is 9.67. The molecule has 5 nitrogen and oxygen atoms in total. The topological polar surface area (TPSA) is 75.3 Å². The SMILES string of the molecule is CCNC(=O)c1ccc([C]=O)cc1C(=O)NCC. The molecule has 0 aliphatic carbocycles. The van der Waals surface area contributed by atoms with Gasteiger partial charge in [-0.15, -0.1) is 0 Å². The molecular formula is C13H15N2O3. The minimum absolute atomic E-state index is 0.184. The molecule has 95 valence electrons. The lowest BCUT2D eigenvalue weighted by molar-refractivity contribution is 0.0921. The van der Waals surface area contributed by atoms with Gasteiger partial charge < -0.3 is 10.6 Å². The zero-order valence-corrected chi connectivity index (χ0v) is 10.4. The third-order valence-electron chi connectivity index (χ3n) is 2.30. The van der Waals surface area contributed by atoms with Crippen LogP contribution in [0.4, 0.5) is 0 Å². The Hall–Kier alpha value is -2.17. The van der Waals surface area contributed by atoms with Gasteiger partial charge in [-0.2, -0.15) is 0 Å². The number of rotatable bonds is 5. The number of hydrogen-bond acceptors (Lipinski definition) is 3. The summed E-state index contributed by atoms with van der Waals surface area (Å²) in [5.74, 6) is -0.716. The molecule has 0 bridgehead atoms. The van der Waals surface area contributed by atoms with Crippen molar-refractivity contribution in [1.29, 1.82) is 0 Å². The Morgan fingerprint density at radius 2 is 1.61 bits per heavy atom. The summed E-state index contributed by atoms with van der Waals surface area (Å²) >= 11 is 0. The van der Waals surface area contributed by atoms with Gasteiger partial charge in [-0.1, -0.05) is 6.07 Å². The van der Waals surface area contributed by atoms with Gasteiger partial charge >= 0.3 is 0 Å². The van der Waals surface area contributed by atoms with Gasteiger partial charge in [0.25, 0.3) is 11.8 Å². The van der Waals surface area contributed by atoms with Crippen molar-refractivity contribution in [2.24, 2.45) is 0 Å². The van der Waals surface area contributed by atoms with Crippen LogP contribution in [0.3, 0.4) is 0 Å². The smallest absolute Gasteiger partial charge is 0.252 e. The zero-order chi connectivity index (χ0) is 13.5. The van der Waals surface area contributed by atoms with E-state index < -0.39 is 0 Å². The van der Waals surface area contributed by atoms with E-state index in [-0.39, 0.29) is 28.5 Å². The van der Waals surface area contributed by atoms with Gasteiger partial charge in [-0.3, -0.25) is 14.4 Å². The van der Waals surface area contributed by atoms with Crippen molar-refractivity contribution in [3.05, 3.63) is 34.9 Å². The summed E-state index contributed by atoms with van der Waals surface area (Å²) in [5.41, 5.74) is 0.676. The number of carbonyl (C=O) groups is 2. The molecule has 1 aromatic rings. The van der Waals surface area contributed by atoms with E-state index in [1.807, 2.05) is 0 Å². The van der Waals surface area contributed by atoms with Gasteiger partial charge in [0.1, 0.15) is 0 Å². The number of hydrogen-bond donors (Lipinski definition) is 2. The molecule has 0 aromatic heterocycles. The fraction of sp³-hybridized carbons (Fsp3) is 0.308. The molecule has 0 heterocycles. The van der Waals surface area contributed by atoms with Gasteiger partial charge in [-0.25, -0.2) is 0 Å². The lowest BCUT2D eigenvalue weighted by Gasteiger charge is -2.09. The molecule has 0 aliphatic rings. The van der Waals surface area contributed by atoms with E-state index in [1.165, 1.54) is 18.2 Å². The van der Waals surface area contributed by atoms with Gasteiger partial charge in [0.05, 0.1) is 11.1 Å². The van der Waals surface area contributed by atoms with Crippen LogP contribution in [-0.2, 0) is 4.79 Å². The van der Waals surface area contributed by atoms with Crippen LogP contribution in [0.2, 0.25) is 0 Å². The fourth-order valence-corrected chi connectivity index (χ4v) is 1.51. The zero-order valence-electron chi connectivity index (χ0n) is 10.4. The van der Waals surface area contributed by atoms with Gasteiger partial charge in [-0.05, 0) is 26.0 Å². The Bertz CT molecular complexity index is 469. The summed E-state index contributed by atoms with van der Waals surface area (Å²) in [6.45, 7) is 4.48. The van der Waals surface area contributed by atoms with Crippen LogP contribution in [0.15, 0.2) is 18.2 Å². The quantitative estimate of drug-likeness (QED) is 0.802. The Balaban J connectivity index is 3.19. The second-order valence-corrected chi connectivity index (χ2v) is 3.58. The van der Waals surface area contributed by atoms with Crippen molar-refractivity contribution < 1.29 is 14.4 Å². The summed E-state index contributed by atoms with van der Waals surface area (Å²) in [5, 5.41) is 5.22. The van der Waals surface area contributed by atoms with E-state index in [0.29, 0.717) is 13.1 Å². The highest BCUT2D eigenvalue weighted by molar-refractivity contribution is 6.08. The molecule has 0 saturated heterocycles. The van der Waals surface area contributed by atoms with Crippen molar-refractivity contribution in [1.82, 2.24) is 10.6 Å². The first-order chi connectivity index (χ1) is 8.63. The van der Waals surface area contributed by atoms with Crippen molar-refractivity contribution in [3.63, 3.8) is 0 Å². The van der Waals surface area contributed by atoms with Crippen molar-refractivity contribution in [3.8, 4) is 0 Å². The number of nitrogens with one attached hydrogen (secondary N) is 2. The van der Waals surface area contributed by atoms with Crippen LogP contribution in [-0.4, -0.2) is 31.2 Å². The maximum Gasteiger partial charge on any atom is 0.252 e. The molecule has 0 saturated carbocycles. The third kappa shape index (κ3) is 3.16. The van der Waals surface area contributed by atoms with E-state index in [4.69, 9.17) is 0 Å². The summed E-state index contributed by atoms with van der Waals surface area (Å²) in [4.78, 5) is 34.2. The maximum absolute atomic E-state index is 11.8. The predicted molar refractivity (Wildman–Crippen MR) is 67.3 cm³/mol. The van der Waals surface area contributed by atoms with Crippen LogP contribution in [0.5, 0.6) is 0 Å². The highest BCUT2D eigenvalue weighted by Crippen LogP contribution is 2.11. The summed E-state index contributed by atoms with van der Waals surface area (Å²) < 4.78 is 0. The lowest BCUT2D eigenvalue weighted by atomic mass is 10.0. The molecule has 0 atom stereocenters. The van der Waals surface area contributed by atoms with Crippen LogP contribution in [0.1, 0.15) is 40.1 Å². The lowest BCUT2D eigenvalue weighted by Crippen LogP contribution is -2.29. The average Bonchev–Trinajstić information content (AvgIpc) is 2.38. The molecule has 2 amide bonds. The molecule has 2 N–H and O–H groups in total. The number of benzene rings is 1. The van der Waals surface area contributed by atoms with Crippen molar-refractivity contribution in [2.45, 2.75) is 13.8 Å². The van der Waals surface area contributed by atoms with E-state index >= 15 is 0 Å². The molecule has 5 heteroatoms. The number of amides is 2. The van der Waals surface area contributed by atoms with E-state index in [0.717, 1.165) is 0 Å². The predicted octanol–water partition coefficient (Wildman–Crippen LogP) is 0.644. The first-order valence-corrected chi connectivity index (χ1v) is 5.72. The molecule has 0 fully saturated rings. The Labute approximate surface area is 106 Å². The molecular weight excluding hydrogens is 232 g/mol. The second kappa shape index (κ2) is 6.54. The average molecular weight is 247 g/mol. The first-order valence-electron chi connectivity index (χ1n) is 5.72. The van der Waals surface area contributed by atoms with E-state index in [2.05, 4.69) is 10.6 Å². The highest BCUT2D eigenvalue weighted by atomic mass is 16.2. The minimum atomic E-state index is -0.379. The molecule has 1 aromatic carbocycles. The van der Waals surface area contributed by atoms with Crippen molar-refractivity contribution in [2.75, 3.05) is 13.1 Å². The maximum atomic E-state index is 11.8. The molecule has 0 aliphatic heterocycles. The Morgan fingerprint density at radius 1 is 1.06 bits per heavy atom. The molecule has 1 radical (unpaired) electrons. The van der Waals surface area contributed by atoms with E-state index in [1.54, 1.807) is 20.1 Å². The monoisotopic (exact) mass is 247 g/mol. The molecule has 1 rings (SSSR count). The van der Waals surface area contributed by atoms with Crippen molar-refractivity contribution >= 4 is 18.1 Å². The molecule has 0 unspecified atom stereocenters. The second-order valence-electron chi connectivity index (χ2n) is 3.58. The highest BCUT2D eigenvalue weighted by Gasteiger charge is 2.16. The van der Waals surface area contributed by atoms with Gasteiger partial charge in [0.15, 0.2) is 0 Å². The third-order valence-corrected chi connectivity index (χ3v) is 2.30. The molecule has 0 spiro atoms.